The summed E-state index contributed by atoms with van der Waals surface area (Å²) in [5, 5.41) is 0. The van der Waals surface area contributed by atoms with Crippen LogP contribution in [0.15, 0.2) is 12.1 Å². The zero-order chi connectivity index (χ0) is 26.1. The van der Waals surface area contributed by atoms with Crippen LogP contribution in [0.2, 0.25) is 0 Å². The van der Waals surface area contributed by atoms with E-state index in [1.165, 1.54) is 0 Å². The molecule has 0 heterocycles. The van der Waals surface area contributed by atoms with Gasteiger partial charge in [0, 0.05) is 5.92 Å². The highest BCUT2D eigenvalue weighted by molar-refractivity contribution is 7.85. The number of hydrogen-bond acceptors (Lipinski definition) is 6. The number of hydrogen-bond donors (Lipinski definition) is 1. The molecular formula is C21H28B3F3O7S. The monoisotopic (exact) mass is 514 g/mol. The van der Waals surface area contributed by atoms with Crippen molar-refractivity contribution < 1.29 is 45.2 Å². The molecule has 1 aromatic rings. The number of carbonyl (C=O) groups excluding carboxylic acids is 2. The van der Waals surface area contributed by atoms with Gasteiger partial charge in [-0.3, -0.25) is 9.35 Å². The van der Waals surface area contributed by atoms with E-state index in [-0.39, 0.29) is 12.3 Å². The van der Waals surface area contributed by atoms with Crippen molar-refractivity contribution in [3.05, 3.63) is 34.4 Å². The Bertz CT molecular complexity index is 1080. The lowest BCUT2D eigenvalue weighted by Crippen LogP contribution is -2.42. The van der Waals surface area contributed by atoms with Crippen LogP contribution in [0, 0.1) is 17.8 Å². The van der Waals surface area contributed by atoms with Crippen LogP contribution in [-0.4, -0.2) is 72.6 Å². The molecule has 3 rings (SSSR count). The van der Waals surface area contributed by atoms with Gasteiger partial charge in [-0.1, -0.05) is 36.2 Å². The number of halogens is 3. The highest BCUT2D eigenvalue weighted by Crippen LogP contribution is 2.50. The Morgan fingerprint density at radius 3 is 2.29 bits per heavy atom. The Labute approximate surface area is 205 Å². The maximum Gasteiger partial charge on any atom is 0.426 e. The van der Waals surface area contributed by atoms with E-state index in [0.717, 1.165) is 29.3 Å². The molecule has 2 aliphatic carbocycles. The van der Waals surface area contributed by atoms with Crippen LogP contribution in [-0.2, 0) is 43.3 Å². The average molecular weight is 514 g/mol. The smallest absolute Gasteiger partial charge is 0.426 e. The molecule has 1 N–H and O–H groups in total. The van der Waals surface area contributed by atoms with Gasteiger partial charge in [0.05, 0.1) is 11.5 Å². The molecule has 7 nitrogen and oxygen atoms in total. The Hall–Kier alpha value is -1.95. The lowest BCUT2D eigenvalue weighted by atomic mass is 9.81. The Balaban J connectivity index is 1.76. The van der Waals surface area contributed by atoms with Crippen LogP contribution in [0.25, 0.3) is 0 Å². The van der Waals surface area contributed by atoms with Crippen molar-refractivity contribution in [1.29, 1.82) is 0 Å². The number of esters is 2. The molecule has 5 unspecified atom stereocenters. The van der Waals surface area contributed by atoms with E-state index in [4.69, 9.17) is 9.29 Å². The second kappa shape index (κ2) is 10.6. The summed E-state index contributed by atoms with van der Waals surface area (Å²) in [6.07, 6.45) is -5.37. The topological polar surface area (TPSA) is 107 Å². The van der Waals surface area contributed by atoms with Crippen LogP contribution in [0.4, 0.5) is 13.2 Å². The second-order valence-electron chi connectivity index (χ2n) is 9.34. The highest BCUT2D eigenvalue weighted by atomic mass is 32.2. The first-order chi connectivity index (χ1) is 16.3. The van der Waals surface area contributed by atoms with Gasteiger partial charge in [-0.2, -0.15) is 21.6 Å². The average Bonchev–Trinajstić information content (AvgIpc) is 3.36. The molecule has 14 heteroatoms. The molecule has 2 bridgehead atoms. The van der Waals surface area contributed by atoms with Crippen molar-refractivity contribution in [2.75, 3.05) is 5.75 Å². The van der Waals surface area contributed by atoms with Crippen LogP contribution in [0.3, 0.4) is 0 Å². The molecule has 1 aromatic carbocycles. The molecule has 0 saturated heterocycles. The van der Waals surface area contributed by atoms with E-state index in [0.29, 0.717) is 24.7 Å². The minimum Gasteiger partial charge on any atom is -0.458 e. The molecule has 2 aliphatic rings. The summed E-state index contributed by atoms with van der Waals surface area (Å²) in [5.41, 5.74) is 3.42. The van der Waals surface area contributed by atoms with Gasteiger partial charge < -0.3 is 9.47 Å². The van der Waals surface area contributed by atoms with Crippen molar-refractivity contribution in [3.8, 4) is 0 Å². The molecule has 0 amide bonds. The zero-order valence-corrected chi connectivity index (χ0v) is 20.7. The summed E-state index contributed by atoms with van der Waals surface area (Å²) in [7, 11) is 0.910. The van der Waals surface area contributed by atoms with Crippen molar-refractivity contribution in [2.45, 2.75) is 56.6 Å². The van der Waals surface area contributed by atoms with Gasteiger partial charge in [0.1, 0.15) is 35.4 Å². The summed E-state index contributed by atoms with van der Waals surface area (Å²) < 4.78 is 80.7. The van der Waals surface area contributed by atoms with Crippen molar-refractivity contribution in [1.82, 2.24) is 0 Å². The number of alkyl halides is 3. The second-order valence-corrected chi connectivity index (χ2v) is 10.8. The van der Waals surface area contributed by atoms with Gasteiger partial charge in [0.25, 0.3) is 10.1 Å². The summed E-state index contributed by atoms with van der Waals surface area (Å²) in [4.78, 5) is 25.8. The summed E-state index contributed by atoms with van der Waals surface area (Å²) >= 11 is 0. The van der Waals surface area contributed by atoms with Gasteiger partial charge in [0.15, 0.2) is 0 Å². The minimum atomic E-state index is -5.16. The summed E-state index contributed by atoms with van der Waals surface area (Å²) in [6, 6.07) is 3.88. The molecule has 2 saturated carbocycles. The Kier molecular flexibility index (Phi) is 8.35. The van der Waals surface area contributed by atoms with Gasteiger partial charge in [0.2, 0.25) is 6.10 Å². The number of rotatable bonds is 9. The minimum absolute atomic E-state index is 0.0138. The third-order valence-corrected chi connectivity index (χ3v) is 7.79. The fraction of sp³-hybridized carbons (Fsp3) is 0.619. The lowest BCUT2D eigenvalue weighted by molar-refractivity contribution is -0.218. The number of carbonyl (C=O) groups is 2. The third kappa shape index (κ3) is 6.44. The number of fused-ring (bicyclic) bond motifs is 2. The van der Waals surface area contributed by atoms with Gasteiger partial charge in [-0.15, -0.1) is 0 Å². The maximum absolute atomic E-state index is 13.2. The zero-order valence-electron chi connectivity index (χ0n) is 19.9. The molecule has 0 aliphatic heterocycles. The van der Waals surface area contributed by atoms with E-state index in [9.17, 15) is 31.2 Å². The third-order valence-electron chi connectivity index (χ3n) is 7.06. The van der Waals surface area contributed by atoms with Crippen molar-refractivity contribution in [2.24, 2.45) is 17.8 Å². The SMILES string of the molecule is BCc1cc(CB)c(CB)c(C(=O)OC2CC3CC(C(=O)OC(CS(=O)(=O)O)C(F)(F)F)C2C3)c1. The Morgan fingerprint density at radius 2 is 1.77 bits per heavy atom. The van der Waals surface area contributed by atoms with E-state index in [2.05, 4.69) is 10.8 Å². The fourth-order valence-corrected chi connectivity index (χ4v) is 6.06. The van der Waals surface area contributed by atoms with Crippen LogP contribution in [0.5, 0.6) is 0 Å². The quantitative estimate of drug-likeness (QED) is 0.282. The molecule has 2 fully saturated rings. The van der Waals surface area contributed by atoms with E-state index in [1.54, 1.807) is 0 Å². The molecule has 5 atom stereocenters. The summed E-state index contributed by atoms with van der Waals surface area (Å²) in [6.45, 7) is 0. The van der Waals surface area contributed by atoms with Gasteiger partial charge in [-0.05, 0) is 36.8 Å². The van der Waals surface area contributed by atoms with Crippen LogP contribution >= 0.6 is 0 Å². The normalized spacial score (nSPS) is 24.8. The molecule has 190 valence electrons. The first-order valence-corrected chi connectivity index (χ1v) is 13.5. The predicted octanol–water partition coefficient (Wildman–Crippen LogP) is 0.0193. The lowest BCUT2D eigenvalue weighted by Gasteiger charge is -2.30. The van der Waals surface area contributed by atoms with Crippen molar-refractivity contribution >= 4 is 45.6 Å². The van der Waals surface area contributed by atoms with Crippen LogP contribution in [0.1, 0.15) is 46.3 Å². The van der Waals surface area contributed by atoms with E-state index in [1.807, 2.05) is 29.6 Å². The van der Waals surface area contributed by atoms with E-state index < -0.39 is 58.0 Å². The van der Waals surface area contributed by atoms with Gasteiger partial charge in [-0.25, -0.2) is 4.79 Å². The fourth-order valence-electron chi connectivity index (χ4n) is 5.42. The Morgan fingerprint density at radius 1 is 1.09 bits per heavy atom. The summed E-state index contributed by atoms with van der Waals surface area (Å²) in [5.74, 6) is -4.96. The number of ether oxygens (including phenoxy) is 2. The first-order valence-electron chi connectivity index (χ1n) is 11.8. The van der Waals surface area contributed by atoms with Crippen molar-refractivity contribution in [3.63, 3.8) is 0 Å². The maximum atomic E-state index is 13.2. The van der Waals surface area contributed by atoms with Crippen LogP contribution < -0.4 is 0 Å². The van der Waals surface area contributed by atoms with Gasteiger partial charge >= 0.3 is 18.1 Å². The largest absolute Gasteiger partial charge is 0.458 e. The standard InChI is InChI=1S/C21H28B3F3O7S/c22-6-11-1-12(7-23)16(8-24)15(4-11)19(28)33-17-5-10-2-13(17)14(3-10)20(29)34-18(21(25,26)27)9-35(30,31)32/h1,4,10,13-14,17-18H,2-3,5-9,22-24H2,(H,30,31,32). The highest BCUT2D eigenvalue weighted by Gasteiger charge is 2.53. The predicted molar refractivity (Wildman–Crippen MR) is 129 cm³/mol. The first kappa shape index (κ1) is 27.6. The molecule has 0 aromatic heterocycles. The molecular weight excluding hydrogens is 486 g/mol. The molecule has 0 spiro atoms. The number of benzene rings is 1. The molecule has 0 radical (unpaired) electrons. The molecule has 35 heavy (non-hydrogen) atoms. The van der Waals surface area contributed by atoms with E-state index >= 15 is 0 Å².